The van der Waals surface area contributed by atoms with E-state index in [2.05, 4.69) is 15.3 Å². The number of hydrogen-bond donors (Lipinski definition) is 1. The maximum Gasteiger partial charge on any atom is 0.311 e. The second-order valence-corrected chi connectivity index (χ2v) is 6.30. The number of nitrogens with zero attached hydrogens (tertiary/aromatic N) is 2. The molecule has 4 rings (SSSR count). The second kappa shape index (κ2) is 6.36. The predicted molar refractivity (Wildman–Crippen MR) is 80.0 cm³/mol. The normalized spacial score (nSPS) is 30.1. The average Bonchev–Trinajstić information content (AvgIpc) is 2.52. The molecule has 2 atom stereocenters. The van der Waals surface area contributed by atoms with Crippen molar-refractivity contribution in [2.45, 2.75) is 38.6 Å². The Labute approximate surface area is 133 Å². The quantitative estimate of drug-likeness (QED) is 0.680. The molecular formula is C15H19ClFN3O2. The second-order valence-electron chi connectivity index (χ2n) is 5.96. The molecule has 7 heteroatoms. The van der Waals surface area contributed by atoms with Crippen LogP contribution in [0.15, 0.2) is 6.20 Å². The number of fused-ring (bicyclic) bond motifs is 3. The van der Waals surface area contributed by atoms with Crippen LogP contribution >= 0.6 is 11.6 Å². The molecule has 120 valence electrons. The van der Waals surface area contributed by atoms with Crippen LogP contribution < -0.4 is 5.32 Å². The SMILES string of the molecule is CCOC(=O)[C@H]1[C@H]2CC[C@H](CC2)[C@@H]1Nc1nc(Cl)ncc1F. The van der Waals surface area contributed by atoms with Crippen molar-refractivity contribution in [1.82, 2.24) is 9.97 Å². The van der Waals surface area contributed by atoms with Crippen LogP contribution in [0.4, 0.5) is 10.2 Å². The van der Waals surface area contributed by atoms with Gasteiger partial charge in [-0.05, 0) is 56.0 Å². The van der Waals surface area contributed by atoms with Crippen molar-refractivity contribution >= 4 is 23.4 Å². The van der Waals surface area contributed by atoms with E-state index < -0.39 is 5.82 Å². The molecule has 3 fully saturated rings. The van der Waals surface area contributed by atoms with Crippen molar-refractivity contribution in [3.63, 3.8) is 0 Å². The van der Waals surface area contributed by atoms with Gasteiger partial charge in [-0.25, -0.2) is 9.37 Å². The number of ether oxygens (including phenoxy) is 1. The fraction of sp³-hybridized carbons (Fsp3) is 0.667. The van der Waals surface area contributed by atoms with Crippen LogP contribution in [-0.4, -0.2) is 28.6 Å². The van der Waals surface area contributed by atoms with Crippen molar-refractivity contribution in [1.29, 1.82) is 0 Å². The van der Waals surface area contributed by atoms with Gasteiger partial charge in [0.25, 0.3) is 0 Å². The van der Waals surface area contributed by atoms with Crippen LogP contribution in [0.3, 0.4) is 0 Å². The van der Waals surface area contributed by atoms with E-state index in [0.29, 0.717) is 18.4 Å². The number of carbonyl (C=O) groups is 1. The van der Waals surface area contributed by atoms with Gasteiger partial charge in [-0.1, -0.05) is 0 Å². The number of rotatable bonds is 4. The molecule has 0 aromatic carbocycles. The van der Waals surface area contributed by atoms with Crippen molar-refractivity contribution in [3.8, 4) is 0 Å². The number of aromatic nitrogens is 2. The van der Waals surface area contributed by atoms with Gasteiger partial charge >= 0.3 is 5.97 Å². The molecular weight excluding hydrogens is 309 g/mol. The van der Waals surface area contributed by atoms with E-state index in [1.165, 1.54) is 0 Å². The minimum Gasteiger partial charge on any atom is -0.466 e. The summed E-state index contributed by atoms with van der Waals surface area (Å²) >= 11 is 5.74. The minimum atomic E-state index is -0.562. The van der Waals surface area contributed by atoms with Gasteiger partial charge in [-0.3, -0.25) is 4.79 Å². The van der Waals surface area contributed by atoms with Crippen molar-refractivity contribution in [2.24, 2.45) is 17.8 Å². The number of halogens is 2. The lowest BCUT2D eigenvalue weighted by atomic mass is 9.61. The number of anilines is 1. The van der Waals surface area contributed by atoms with Crippen molar-refractivity contribution in [2.75, 3.05) is 11.9 Å². The number of hydrogen-bond acceptors (Lipinski definition) is 5. The Bertz CT molecular complexity index is 564. The molecule has 5 nitrogen and oxygen atoms in total. The zero-order valence-corrected chi connectivity index (χ0v) is 13.1. The molecule has 0 saturated heterocycles. The van der Waals surface area contributed by atoms with Gasteiger partial charge in [0.1, 0.15) is 0 Å². The molecule has 3 aliphatic rings. The highest BCUT2D eigenvalue weighted by Gasteiger charge is 2.48. The highest BCUT2D eigenvalue weighted by molar-refractivity contribution is 6.28. The van der Waals surface area contributed by atoms with Gasteiger partial charge in [0.2, 0.25) is 5.28 Å². The highest BCUT2D eigenvalue weighted by Crippen LogP contribution is 2.46. The summed E-state index contributed by atoms with van der Waals surface area (Å²) in [4.78, 5) is 19.8. The van der Waals surface area contributed by atoms with E-state index in [9.17, 15) is 9.18 Å². The first-order valence-corrected chi connectivity index (χ1v) is 8.09. The molecule has 1 aromatic heterocycles. The Morgan fingerprint density at radius 1 is 1.41 bits per heavy atom. The van der Waals surface area contributed by atoms with Crippen LogP contribution in [0.25, 0.3) is 0 Å². The lowest BCUT2D eigenvalue weighted by Crippen LogP contribution is -2.52. The van der Waals surface area contributed by atoms with Gasteiger partial charge in [0.15, 0.2) is 11.6 Å². The third-order valence-corrected chi connectivity index (χ3v) is 4.98. The maximum absolute atomic E-state index is 13.9. The molecule has 3 saturated carbocycles. The van der Waals surface area contributed by atoms with E-state index >= 15 is 0 Å². The minimum absolute atomic E-state index is 0.0162. The molecule has 1 aromatic rings. The van der Waals surface area contributed by atoms with Crippen molar-refractivity contribution in [3.05, 3.63) is 17.3 Å². The molecule has 0 aliphatic heterocycles. The van der Waals surface area contributed by atoms with Gasteiger partial charge in [-0.15, -0.1) is 0 Å². The monoisotopic (exact) mass is 327 g/mol. The Hall–Kier alpha value is -1.43. The van der Waals surface area contributed by atoms with Gasteiger partial charge < -0.3 is 10.1 Å². The third kappa shape index (κ3) is 2.89. The fourth-order valence-electron chi connectivity index (χ4n) is 3.84. The fourth-order valence-corrected chi connectivity index (χ4v) is 3.97. The van der Waals surface area contributed by atoms with E-state index in [1.807, 2.05) is 0 Å². The molecule has 1 N–H and O–H groups in total. The summed E-state index contributed by atoms with van der Waals surface area (Å²) in [7, 11) is 0. The van der Waals surface area contributed by atoms with Crippen LogP contribution in [0.5, 0.6) is 0 Å². The van der Waals surface area contributed by atoms with Crippen LogP contribution in [0, 0.1) is 23.6 Å². The molecule has 0 amide bonds. The van der Waals surface area contributed by atoms with Crippen LogP contribution in [0.1, 0.15) is 32.6 Å². The Morgan fingerprint density at radius 3 is 2.77 bits per heavy atom. The smallest absolute Gasteiger partial charge is 0.311 e. The largest absolute Gasteiger partial charge is 0.466 e. The molecule has 1 heterocycles. The number of carbonyl (C=O) groups excluding carboxylic acids is 1. The summed E-state index contributed by atoms with van der Waals surface area (Å²) < 4.78 is 19.1. The average molecular weight is 328 g/mol. The van der Waals surface area contributed by atoms with E-state index in [-0.39, 0.29) is 29.0 Å². The summed E-state index contributed by atoms with van der Waals surface area (Å²) in [5.41, 5.74) is 0. The lowest BCUT2D eigenvalue weighted by Gasteiger charge is -2.47. The first-order valence-electron chi connectivity index (χ1n) is 7.71. The summed E-state index contributed by atoms with van der Waals surface area (Å²) in [5.74, 6) is -0.328. The Morgan fingerprint density at radius 2 is 2.09 bits per heavy atom. The highest BCUT2D eigenvalue weighted by atomic mass is 35.5. The summed E-state index contributed by atoms with van der Waals surface area (Å²) in [6.45, 7) is 2.15. The summed E-state index contributed by atoms with van der Waals surface area (Å²) in [5, 5.41) is 3.08. The molecule has 2 bridgehead atoms. The Kier molecular flexibility index (Phi) is 4.47. The third-order valence-electron chi connectivity index (χ3n) is 4.80. The summed E-state index contributed by atoms with van der Waals surface area (Å²) in [6, 6.07) is -0.160. The van der Waals surface area contributed by atoms with Gasteiger partial charge in [0.05, 0.1) is 18.7 Å². The van der Waals surface area contributed by atoms with Crippen LogP contribution in [-0.2, 0) is 9.53 Å². The molecule has 3 aliphatic carbocycles. The van der Waals surface area contributed by atoms with E-state index in [0.717, 1.165) is 31.9 Å². The topological polar surface area (TPSA) is 64.1 Å². The maximum atomic E-state index is 13.9. The Balaban J connectivity index is 1.85. The standard InChI is InChI=1S/C15H19ClFN3O2/c1-2-22-14(21)11-8-3-5-9(6-4-8)12(11)19-13-10(17)7-18-15(16)20-13/h7-9,11-12H,2-6H2,1H3,(H,18,19,20)/t8-,9+,11-,12-/m0/s1. The molecule has 22 heavy (non-hydrogen) atoms. The zero-order valence-electron chi connectivity index (χ0n) is 12.4. The summed E-state index contributed by atoms with van der Waals surface area (Å²) in [6.07, 6.45) is 5.17. The predicted octanol–water partition coefficient (Wildman–Crippen LogP) is 3.05. The zero-order chi connectivity index (χ0) is 15.7. The van der Waals surface area contributed by atoms with Crippen LogP contribution in [0.2, 0.25) is 5.28 Å². The van der Waals surface area contributed by atoms with E-state index in [4.69, 9.17) is 16.3 Å². The first kappa shape index (κ1) is 15.5. The molecule has 0 spiro atoms. The van der Waals surface area contributed by atoms with Gasteiger partial charge in [0, 0.05) is 6.04 Å². The molecule has 0 radical (unpaired) electrons. The number of esters is 1. The van der Waals surface area contributed by atoms with Gasteiger partial charge in [-0.2, -0.15) is 4.98 Å². The van der Waals surface area contributed by atoms with E-state index in [1.54, 1.807) is 6.92 Å². The van der Waals surface area contributed by atoms with Crippen molar-refractivity contribution < 1.29 is 13.9 Å². The number of nitrogens with one attached hydrogen (secondary N) is 1. The molecule has 0 unspecified atom stereocenters. The lowest BCUT2D eigenvalue weighted by molar-refractivity contribution is -0.154. The first-order chi connectivity index (χ1) is 10.6.